The van der Waals surface area contributed by atoms with Gasteiger partial charge in [0.15, 0.2) is 0 Å². The molecule has 2 aliphatic rings. The van der Waals surface area contributed by atoms with Gasteiger partial charge in [0.05, 0.1) is 37.1 Å². The van der Waals surface area contributed by atoms with Gasteiger partial charge >= 0.3 is 19.5 Å². The molecule has 35 heavy (non-hydrogen) atoms. The third-order valence-electron chi connectivity index (χ3n) is 4.62. The average molecular weight is 580 g/mol. The molecule has 0 amide bonds. The summed E-state index contributed by atoms with van der Waals surface area (Å²) in [6.45, 7) is 4.75. The summed E-state index contributed by atoms with van der Waals surface area (Å²) in [6, 6.07) is -1.55. The van der Waals surface area contributed by atoms with Crippen LogP contribution in [0.15, 0.2) is 48.1 Å². The Morgan fingerprint density at radius 1 is 0.886 bits per heavy atom. The van der Waals surface area contributed by atoms with Crippen LogP contribution in [0.1, 0.15) is 26.7 Å². The van der Waals surface area contributed by atoms with E-state index in [0.29, 0.717) is 37.6 Å². The van der Waals surface area contributed by atoms with Crippen molar-refractivity contribution in [3.8, 4) is 0 Å². The predicted molar refractivity (Wildman–Crippen MR) is 131 cm³/mol. The van der Waals surface area contributed by atoms with Gasteiger partial charge in [-0.05, 0) is 48.0 Å². The van der Waals surface area contributed by atoms with E-state index < -0.39 is 24.0 Å². The van der Waals surface area contributed by atoms with E-state index in [2.05, 4.69) is 10.6 Å². The number of thioether (sulfide) groups is 2. The molecule has 0 aromatic carbocycles. The Kier molecular flexibility index (Phi) is 18.6. The number of carboxylic acid groups (broad SMARTS) is 2. The van der Waals surface area contributed by atoms with Crippen LogP contribution >= 0.6 is 23.5 Å². The van der Waals surface area contributed by atoms with Crippen LogP contribution in [0.4, 0.5) is 0 Å². The Bertz CT molecular complexity index is 704. The van der Waals surface area contributed by atoms with Gasteiger partial charge in [-0.3, -0.25) is 10.4 Å². The van der Waals surface area contributed by atoms with Crippen molar-refractivity contribution in [1.82, 2.24) is 20.8 Å². The van der Waals surface area contributed by atoms with Gasteiger partial charge in [-0.15, -0.1) is 0 Å². The van der Waals surface area contributed by atoms with E-state index in [-0.39, 0.29) is 19.5 Å². The average Bonchev–Trinajstić information content (AvgIpc) is 2.80. The Balaban J connectivity index is 0.000000642. The predicted octanol–water partition coefficient (Wildman–Crippen LogP) is -0.122. The summed E-state index contributed by atoms with van der Waals surface area (Å²) in [4.78, 5) is 21.9. The van der Waals surface area contributed by atoms with Gasteiger partial charge in [0.1, 0.15) is 11.6 Å². The second-order valence-corrected chi connectivity index (χ2v) is 9.92. The maximum atomic E-state index is 10.9. The maximum absolute atomic E-state index is 10.9. The number of nitrogens with zero attached hydrogens (tertiary/aromatic N) is 2. The third kappa shape index (κ3) is 13.9. The minimum absolute atomic E-state index is 0. The summed E-state index contributed by atoms with van der Waals surface area (Å²) in [5.41, 5.74) is 0. The number of aliphatic carboxylic acids is 2. The molecule has 0 aromatic rings. The quantitative estimate of drug-likeness (QED) is 0.160. The number of carboxylic acids is 2. The fraction of sp³-hybridized carbons (Fsp3) is 0.545. The van der Waals surface area contributed by atoms with E-state index in [9.17, 15) is 30.2 Å². The minimum Gasteiger partial charge on any atom is -0.548 e. The molecule has 0 saturated carbocycles. The Morgan fingerprint density at radius 2 is 1.26 bits per heavy atom. The fourth-order valence-electron chi connectivity index (χ4n) is 2.80. The second kappa shape index (κ2) is 19.5. The SMILES string of the molecule is CCSCC[C@H](NC1=CC=CCN1O)C(=O)[O-].CCSCC[C@H](NC1=CC=CCN1O)C(=O)[O-].[Zn+2]. The molecule has 192 valence electrons. The van der Waals surface area contributed by atoms with Crippen molar-refractivity contribution >= 4 is 35.5 Å². The summed E-state index contributed by atoms with van der Waals surface area (Å²) in [5.74, 6) is 1.89. The Morgan fingerprint density at radius 3 is 1.54 bits per heavy atom. The van der Waals surface area contributed by atoms with Gasteiger partial charge in [-0.1, -0.05) is 38.2 Å². The molecule has 0 bridgehead atoms. The molecule has 0 spiro atoms. The van der Waals surface area contributed by atoms with Gasteiger partial charge in [0.2, 0.25) is 0 Å². The van der Waals surface area contributed by atoms with Crippen molar-refractivity contribution in [1.29, 1.82) is 0 Å². The Hall–Kier alpha value is -1.66. The number of carbonyl (C=O) groups excluding carboxylic acids is 2. The smallest absolute Gasteiger partial charge is 0.548 e. The second-order valence-electron chi connectivity index (χ2n) is 7.13. The van der Waals surface area contributed by atoms with Crippen molar-refractivity contribution in [2.75, 3.05) is 36.1 Å². The molecular weight excluding hydrogens is 546 g/mol. The van der Waals surface area contributed by atoms with Gasteiger partial charge in [0.25, 0.3) is 0 Å². The number of carbonyl (C=O) groups is 2. The topological polar surface area (TPSA) is 151 Å². The van der Waals surface area contributed by atoms with Crippen LogP contribution in [0.3, 0.4) is 0 Å². The van der Waals surface area contributed by atoms with Gasteiger partial charge < -0.3 is 30.4 Å². The summed E-state index contributed by atoms with van der Waals surface area (Å²) in [6.07, 6.45) is 11.3. The standard InChI is InChI=1S/2C11H18N2O3S.Zn/c2*1-2-17-8-6-9(11(14)15)12-10-5-3-4-7-13(10)16;/h2*3-5,9,12,16H,2,6-8H2,1H3,(H,14,15);/q;;+2/p-2/t2*9-;/m00./s1. The molecule has 0 fully saturated rings. The number of hydrogen-bond donors (Lipinski definition) is 4. The Labute approximate surface area is 228 Å². The van der Waals surface area contributed by atoms with Crippen LogP contribution in [0.2, 0.25) is 0 Å². The monoisotopic (exact) mass is 578 g/mol. The normalized spacial score (nSPS) is 16.1. The van der Waals surface area contributed by atoms with E-state index >= 15 is 0 Å². The van der Waals surface area contributed by atoms with Crippen molar-refractivity contribution < 1.29 is 49.7 Å². The zero-order chi connectivity index (χ0) is 25.3. The van der Waals surface area contributed by atoms with Crippen LogP contribution in [0, 0.1) is 0 Å². The summed E-state index contributed by atoms with van der Waals surface area (Å²) >= 11 is 3.35. The van der Waals surface area contributed by atoms with E-state index in [0.717, 1.165) is 33.1 Å². The summed E-state index contributed by atoms with van der Waals surface area (Å²) < 4.78 is 0. The van der Waals surface area contributed by atoms with Gasteiger partial charge in [0, 0.05) is 0 Å². The third-order valence-corrected chi connectivity index (χ3v) is 6.48. The van der Waals surface area contributed by atoms with Crippen molar-refractivity contribution in [3.05, 3.63) is 48.1 Å². The first-order chi connectivity index (χ1) is 16.3. The van der Waals surface area contributed by atoms with E-state index in [1.54, 1.807) is 60.0 Å². The molecule has 2 heterocycles. The van der Waals surface area contributed by atoms with Crippen molar-refractivity contribution in [2.45, 2.75) is 38.8 Å². The van der Waals surface area contributed by atoms with Crippen LogP contribution < -0.4 is 20.8 Å². The largest absolute Gasteiger partial charge is 2.00 e. The van der Waals surface area contributed by atoms with Crippen LogP contribution in [-0.4, -0.2) is 80.7 Å². The van der Waals surface area contributed by atoms with E-state index in [1.807, 2.05) is 13.8 Å². The number of rotatable bonds is 14. The summed E-state index contributed by atoms with van der Waals surface area (Å²) in [7, 11) is 0. The van der Waals surface area contributed by atoms with E-state index in [4.69, 9.17) is 0 Å². The van der Waals surface area contributed by atoms with Crippen LogP contribution in [-0.2, 0) is 29.1 Å². The number of hydroxylamine groups is 4. The number of nitrogens with one attached hydrogen (secondary N) is 2. The molecular formula is C22H34N4O6S2Zn. The zero-order valence-corrected chi connectivity index (χ0v) is 24.8. The molecule has 2 atom stereocenters. The molecule has 0 aliphatic carbocycles. The molecule has 0 unspecified atom stereocenters. The zero-order valence-electron chi connectivity index (χ0n) is 20.2. The van der Waals surface area contributed by atoms with Crippen molar-refractivity contribution in [2.24, 2.45) is 0 Å². The van der Waals surface area contributed by atoms with Gasteiger partial charge in [-0.2, -0.15) is 23.5 Å². The molecule has 0 radical (unpaired) electrons. The number of allylic oxidation sites excluding steroid dienone is 4. The van der Waals surface area contributed by atoms with Gasteiger partial charge in [-0.25, -0.2) is 10.1 Å². The molecule has 4 N–H and O–H groups in total. The summed E-state index contributed by atoms with van der Waals surface area (Å²) in [5, 5.41) is 48.4. The van der Waals surface area contributed by atoms with Crippen LogP contribution in [0.5, 0.6) is 0 Å². The van der Waals surface area contributed by atoms with Crippen molar-refractivity contribution in [3.63, 3.8) is 0 Å². The molecule has 0 saturated heterocycles. The molecule has 13 heteroatoms. The number of hydrogen-bond acceptors (Lipinski definition) is 12. The molecule has 2 aliphatic heterocycles. The first kappa shape index (κ1) is 33.3. The first-order valence-corrected chi connectivity index (χ1v) is 13.4. The van der Waals surface area contributed by atoms with Crippen LogP contribution in [0.25, 0.3) is 0 Å². The maximum Gasteiger partial charge on any atom is 2.00 e. The molecule has 0 aromatic heterocycles. The van der Waals surface area contributed by atoms with E-state index in [1.165, 1.54) is 0 Å². The minimum atomic E-state index is -1.15. The molecule has 2 rings (SSSR count). The molecule has 10 nitrogen and oxygen atoms in total. The first-order valence-electron chi connectivity index (χ1n) is 11.1. The fourth-order valence-corrected chi connectivity index (χ4v) is 4.18.